The van der Waals surface area contributed by atoms with Gasteiger partial charge in [-0.1, -0.05) is 71.0 Å². The van der Waals surface area contributed by atoms with Crippen LogP contribution in [0.4, 0.5) is 23.7 Å². The summed E-state index contributed by atoms with van der Waals surface area (Å²) in [6, 6.07) is 15.2. The molecule has 3 aromatic carbocycles. The van der Waals surface area contributed by atoms with Crippen LogP contribution in [0.25, 0.3) is 0 Å². The van der Waals surface area contributed by atoms with Gasteiger partial charge in [0.2, 0.25) is 0 Å². The third kappa shape index (κ3) is 8.03. The van der Waals surface area contributed by atoms with E-state index in [-0.39, 0.29) is 36.2 Å². The second-order valence-electron chi connectivity index (χ2n) is 10.6. The van der Waals surface area contributed by atoms with Gasteiger partial charge < -0.3 is 14.4 Å². The molecule has 0 fully saturated rings. The third-order valence-corrected chi connectivity index (χ3v) is 8.16. The van der Waals surface area contributed by atoms with Gasteiger partial charge in [0.25, 0.3) is 0 Å². The van der Waals surface area contributed by atoms with Crippen molar-refractivity contribution in [1.82, 2.24) is 4.90 Å². The number of nitrogens with zero attached hydrogens (tertiary/aromatic N) is 1. The molecule has 0 aliphatic heterocycles. The fourth-order valence-corrected chi connectivity index (χ4v) is 5.35. The smallest absolute Gasteiger partial charge is 0.379 e. The Kier molecular flexibility index (Phi) is 10.1. The molecule has 2 amide bonds. The van der Waals surface area contributed by atoms with Crippen molar-refractivity contribution in [3.63, 3.8) is 0 Å². The van der Waals surface area contributed by atoms with Gasteiger partial charge in [-0.2, -0.15) is 21.6 Å². The van der Waals surface area contributed by atoms with E-state index in [2.05, 4.69) is 33.0 Å². The lowest BCUT2D eigenvalue weighted by atomic mass is 9.92. The van der Waals surface area contributed by atoms with Crippen molar-refractivity contribution < 1.29 is 30.6 Å². The number of para-hydroxylation sites is 1. The minimum atomic E-state index is -4.69. The first-order valence-electron chi connectivity index (χ1n) is 13.5. The van der Waals surface area contributed by atoms with Crippen molar-refractivity contribution in [2.45, 2.75) is 83.5 Å². The van der Waals surface area contributed by atoms with Gasteiger partial charge >= 0.3 is 22.3 Å². The highest BCUT2D eigenvalue weighted by Crippen LogP contribution is 2.33. The van der Waals surface area contributed by atoms with Gasteiger partial charge in [-0.3, -0.25) is 0 Å². The summed E-state index contributed by atoms with van der Waals surface area (Å²) in [6.45, 7) is 12.5. The van der Waals surface area contributed by atoms with E-state index in [1.807, 2.05) is 32.0 Å². The molecule has 0 aromatic heterocycles. The number of carbonyl (C=O) groups excluding carboxylic acids is 1. The molecule has 0 spiro atoms. The highest BCUT2D eigenvalue weighted by Gasteiger charge is 2.32. The maximum Gasteiger partial charge on any atom is 0.416 e. The Labute approximate surface area is 240 Å². The average Bonchev–Trinajstić information content (AvgIpc) is 2.91. The van der Waals surface area contributed by atoms with E-state index in [4.69, 9.17) is 4.18 Å². The minimum absolute atomic E-state index is 0.0573. The molecule has 0 bridgehead atoms. The van der Waals surface area contributed by atoms with Crippen molar-refractivity contribution in [2.75, 3.05) is 5.32 Å². The van der Waals surface area contributed by atoms with Gasteiger partial charge in [0.15, 0.2) is 0 Å². The fourth-order valence-electron chi connectivity index (χ4n) is 4.37. The SMILES string of the molecule is CCC(C)N(Cc1ccc(OS(=O)(=O)c2cccc(C(F)(F)F)c2)cc1)C(=O)Nc1c(C(C)C)cccc1C(C)C. The summed E-state index contributed by atoms with van der Waals surface area (Å²) >= 11 is 0. The van der Waals surface area contributed by atoms with Crippen molar-refractivity contribution in [3.05, 3.63) is 89.0 Å². The molecule has 222 valence electrons. The maximum atomic E-state index is 13.6. The average molecular weight is 591 g/mol. The topological polar surface area (TPSA) is 75.7 Å². The summed E-state index contributed by atoms with van der Waals surface area (Å²) < 4.78 is 69.5. The van der Waals surface area contributed by atoms with E-state index in [1.54, 1.807) is 17.0 Å². The first-order chi connectivity index (χ1) is 19.1. The molecule has 6 nitrogen and oxygen atoms in total. The molecule has 1 N–H and O–H groups in total. The number of rotatable bonds is 10. The molecule has 41 heavy (non-hydrogen) atoms. The molecule has 0 saturated heterocycles. The number of hydrogen-bond acceptors (Lipinski definition) is 4. The lowest BCUT2D eigenvalue weighted by Crippen LogP contribution is -2.41. The number of anilines is 1. The quantitative estimate of drug-likeness (QED) is 0.240. The first kappa shape index (κ1) is 32.0. The third-order valence-electron chi connectivity index (χ3n) is 6.92. The summed E-state index contributed by atoms with van der Waals surface area (Å²) in [4.78, 5) is 14.7. The van der Waals surface area contributed by atoms with Crippen LogP contribution in [0.3, 0.4) is 0 Å². The number of nitrogens with one attached hydrogen (secondary N) is 1. The van der Waals surface area contributed by atoms with Gasteiger partial charge in [0.1, 0.15) is 10.6 Å². The molecular formula is C31H37F3N2O4S. The molecule has 3 aromatic rings. The fraction of sp³-hybridized carbons (Fsp3) is 0.387. The number of halogens is 3. The molecule has 0 heterocycles. The molecular weight excluding hydrogens is 553 g/mol. The van der Waals surface area contributed by atoms with Crippen LogP contribution in [0.2, 0.25) is 0 Å². The second kappa shape index (κ2) is 13.0. The first-order valence-corrected chi connectivity index (χ1v) is 15.0. The summed E-state index contributed by atoms with van der Waals surface area (Å²) in [5.41, 5.74) is 2.57. The zero-order valence-electron chi connectivity index (χ0n) is 24.1. The van der Waals surface area contributed by atoms with Crippen LogP contribution in [0.15, 0.2) is 71.6 Å². The zero-order valence-corrected chi connectivity index (χ0v) is 24.9. The second-order valence-corrected chi connectivity index (χ2v) is 12.2. The molecule has 3 rings (SSSR count). The zero-order chi connectivity index (χ0) is 30.5. The van der Waals surface area contributed by atoms with Crippen LogP contribution < -0.4 is 9.50 Å². The monoisotopic (exact) mass is 590 g/mol. The van der Waals surface area contributed by atoms with Crippen LogP contribution in [-0.4, -0.2) is 25.4 Å². The van der Waals surface area contributed by atoms with Crippen molar-refractivity contribution in [1.29, 1.82) is 0 Å². The number of alkyl halides is 3. The van der Waals surface area contributed by atoms with Crippen molar-refractivity contribution >= 4 is 21.8 Å². The van der Waals surface area contributed by atoms with Crippen molar-refractivity contribution in [2.24, 2.45) is 0 Å². The Bertz CT molecular complexity index is 1430. The molecule has 0 saturated carbocycles. The van der Waals surface area contributed by atoms with Crippen LogP contribution >= 0.6 is 0 Å². The minimum Gasteiger partial charge on any atom is -0.379 e. The van der Waals surface area contributed by atoms with E-state index in [9.17, 15) is 26.4 Å². The standard InChI is InChI=1S/C31H37F3N2O4S/c1-7-22(6)36(30(37)35-29-27(20(2)3)12-9-13-28(29)21(4)5)19-23-14-16-25(17-15-23)40-41(38,39)26-11-8-10-24(18-26)31(32,33)34/h8-18,20-22H,7,19H2,1-6H3,(H,35,37). The Hall–Kier alpha value is -3.53. The van der Waals surface area contributed by atoms with E-state index in [1.165, 1.54) is 12.1 Å². The molecule has 1 atom stereocenters. The van der Waals surface area contributed by atoms with Gasteiger partial charge in [-0.25, -0.2) is 4.79 Å². The van der Waals surface area contributed by atoms with Crippen molar-refractivity contribution in [3.8, 4) is 5.75 Å². The molecule has 0 aliphatic rings. The number of benzene rings is 3. The molecule has 10 heteroatoms. The largest absolute Gasteiger partial charge is 0.416 e. The summed E-state index contributed by atoms with van der Waals surface area (Å²) in [5.74, 6) is 0.361. The number of carbonyl (C=O) groups is 1. The number of hydrogen-bond donors (Lipinski definition) is 1. The van der Waals surface area contributed by atoms with Crippen LogP contribution in [0.5, 0.6) is 5.75 Å². The number of amides is 2. The predicted octanol–water partition coefficient (Wildman–Crippen LogP) is 8.55. The maximum absolute atomic E-state index is 13.6. The van der Waals surface area contributed by atoms with E-state index >= 15 is 0 Å². The summed E-state index contributed by atoms with van der Waals surface area (Å²) in [7, 11) is -4.49. The van der Waals surface area contributed by atoms with E-state index in [0.29, 0.717) is 12.5 Å². The lowest BCUT2D eigenvalue weighted by molar-refractivity contribution is -0.137. The lowest BCUT2D eigenvalue weighted by Gasteiger charge is -2.30. The van der Waals surface area contributed by atoms with Gasteiger partial charge in [0.05, 0.1) is 5.56 Å². The number of urea groups is 1. The molecule has 1 unspecified atom stereocenters. The van der Waals surface area contributed by atoms with E-state index in [0.717, 1.165) is 40.6 Å². The Morgan fingerprint density at radius 2 is 1.46 bits per heavy atom. The van der Waals surface area contributed by atoms with E-state index < -0.39 is 26.8 Å². The predicted molar refractivity (Wildman–Crippen MR) is 155 cm³/mol. The highest BCUT2D eigenvalue weighted by atomic mass is 32.2. The molecule has 0 radical (unpaired) electrons. The van der Waals surface area contributed by atoms with Gasteiger partial charge in [0, 0.05) is 18.3 Å². The van der Waals surface area contributed by atoms with Crippen LogP contribution in [-0.2, 0) is 22.8 Å². The summed E-state index contributed by atoms with van der Waals surface area (Å²) in [6.07, 6.45) is -3.97. The molecule has 0 aliphatic carbocycles. The Morgan fingerprint density at radius 3 is 1.98 bits per heavy atom. The van der Waals surface area contributed by atoms with Crippen LogP contribution in [0, 0.1) is 0 Å². The Balaban J connectivity index is 1.81. The Morgan fingerprint density at radius 1 is 0.902 bits per heavy atom. The normalized spacial score (nSPS) is 12.9. The van der Waals surface area contributed by atoms with Gasteiger partial charge in [-0.05, 0) is 72.2 Å². The van der Waals surface area contributed by atoms with Gasteiger partial charge in [-0.15, -0.1) is 0 Å². The summed E-state index contributed by atoms with van der Waals surface area (Å²) in [5, 5.41) is 3.16. The highest BCUT2D eigenvalue weighted by molar-refractivity contribution is 7.87. The van der Waals surface area contributed by atoms with Crippen LogP contribution in [0.1, 0.15) is 82.1 Å².